The van der Waals surface area contributed by atoms with Crippen LogP contribution in [0.4, 0.5) is 0 Å². The van der Waals surface area contributed by atoms with Gasteiger partial charge in [-0.15, -0.1) is 0 Å². The van der Waals surface area contributed by atoms with Gasteiger partial charge in [-0.1, -0.05) is 12.8 Å². The van der Waals surface area contributed by atoms with Crippen LogP contribution in [0, 0.1) is 0 Å². The Balaban J connectivity index is 0.000000360. The topological polar surface area (TPSA) is 0 Å². The molecule has 0 aromatic rings. The number of hydrogen-bond acceptors (Lipinski definition) is 1. The van der Waals surface area contributed by atoms with E-state index in [-0.39, 0.29) is 51.4 Å². The minimum atomic E-state index is 0. The molecule has 0 radical (unpaired) electrons. The summed E-state index contributed by atoms with van der Waals surface area (Å²) in [4.78, 5) is 0. The van der Waals surface area contributed by atoms with Crippen molar-refractivity contribution in [1.82, 2.24) is 0 Å². The predicted molar refractivity (Wildman–Crippen MR) is 38.4 cm³/mol. The second kappa shape index (κ2) is 4.83. The van der Waals surface area contributed by atoms with Crippen molar-refractivity contribution in [3.05, 3.63) is 0 Å². The van der Waals surface area contributed by atoms with E-state index in [9.17, 15) is 0 Å². The van der Waals surface area contributed by atoms with Crippen LogP contribution in [-0.4, -0.2) is 56.6 Å². The molecular formula is C5H11KS. The van der Waals surface area contributed by atoms with Crippen LogP contribution in [0.3, 0.4) is 0 Å². The summed E-state index contributed by atoms with van der Waals surface area (Å²) in [5.41, 5.74) is 0. The molecule has 1 rings (SSSR count). The molecule has 1 aliphatic rings. The van der Waals surface area contributed by atoms with Gasteiger partial charge in [0, 0.05) is 5.25 Å². The molecule has 0 amide bonds. The van der Waals surface area contributed by atoms with Crippen LogP contribution in [0.5, 0.6) is 0 Å². The molecule has 0 aromatic carbocycles. The molecule has 0 bridgehead atoms. The van der Waals surface area contributed by atoms with Crippen LogP contribution >= 0.6 is 12.6 Å². The maximum absolute atomic E-state index is 4.29. The van der Waals surface area contributed by atoms with Crippen molar-refractivity contribution in [2.24, 2.45) is 0 Å². The van der Waals surface area contributed by atoms with Crippen LogP contribution in [0.15, 0.2) is 0 Å². The average molecular weight is 142 g/mol. The molecule has 2 heteroatoms. The summed E-state index contributed by atoms with van der Waals surface area (Å²) in [5, 5.41) is 0.741. The summed E-state index contributed by atoms with van der Waals surface area (Å²) in [6.07, 6.45) is 5.52. The second-order valence-electron chi connectivity index (χ2n) is 1.94. The Bertz CT molecular complexity index is 41.3. The summed E-state index contributed by atoms with van der Waals surface area (Å²) in [6, 6.07) is 0. The summed E-state index contributed by atoms with van der Waals surface area (Å²) in [7, 11) is 0. The molecule has 0 aromatic heterocycles. The van der Waals surface area contributed by atoms with E-state index in [4.69, 9.17) is 0 Å². The van der Waals surface area contributed by atoms with Gasteiger partial charge in [-0.3, -0.25) is 0 Å². The molecule has 0 atom stereocenters. The molecule has 0 heterocycles. The Hall–Kier alpha value is 1.99. The van der Waals surface area contributed by atoms with E-state index in [1.54, 1.807) is 0 Å². The molecule has 7 heavy (non-hydrogen) atoms. The molecule has 1 fully saturated rings. The van der Waals surface area contributed by atoms with Gasteiger partial charge < -0.3 is 0 Å². The fourth-order valence-electron chi connectivity index (χ4n) is 0.904. The van der Waals surface area contributed by atoms with E-state index in [0.717, 1.165) is 5.25 Å². The van der Waals surface area contributed by atoms with Crippen molar-refractivity contribution in [2.45, 2.75) is 30.9 Å². The molecule has 1 saturated carbocycles. The summed E-state index contributed by atoms with van der Waals surface area (Å²) in [5.74, 6) is 0. The molecule has 0 nitrogen and oxygen atoms in total. The summed E-state index contributed by atoms with van der Waals surface area (Å²) < 4.78 is 0. The van der Waals surface area contributed by atoms with Crippen molar-refractivity contribution < 1.29 is 0 Å². The third-order valence-electron chi connectivity index (χ3n) is 1.32. The van der Waals surface area contributed by atoms with Crippen LogP contribution in [0.1, 0.15) is 25.7 Å². The Labute approximate surface area is 93.3 Å². The maximum atomic E-state index is 4.29. The van der Waals surface area contributed by atoms with E-state index in [1.165, 1.54) is 25.7 Å². The minimum absolute atomic E-state index is 0. The van der Waals surface area contributed by atoms with Crippen LogP contribution < -0.4 is 0 Å². The molecule has 0 aliphatic heterocycles. The first-order chi connectivity index (χ1) is 2.89. The fourth-order valence-corrected chi connectivity index (χ4v) is 1.27. The Morgan fingerprint density at radius 3 is 1.71 bits per heavy atom. The van der Waals surface area contributed by atoms with Crippen molar-refractivity contribution in [3.8, 4) is 0 Å². The molecule has 0 unspecified atom stereocenters. The van der Waals surface area contributed by atoms with E-state index < -0.39 is 0 Å². The summed E-state index contributed by atoms with van der Waals surface area (Å²) in [6.45, 7) is 0. The zero-order chi connectivity index (χ0) is 4.41. The normalized spacial score (nSPS) is 21.9. The van der Waals surface area contributed by atoms with Crippen molar-refractivity contribution in [1.29, 1.82) is 0 Å². The Morgan fingerprint density at radius 1 is 1.14 bits per heavy atom. The van der Waals surface area contributed by atoms with Gasteiger partial charge in [-0.05, 0) is 12.8 Å². The monoisotopic (exact) mass is 142 g/mol. The quantitative estimate of drug-likeness (QED) is 0.381. The Kier molecular flexibility index (Phi) is 6.20. The van der Waals surface area contributed by atoms with Crippen LogP contribution in [0.25, 0.3) is 0 Å². The van der Waals surface area contributed by atoms with Gasteiger partial charge >= 0.3 is 51.4 Å². The zero-order valence-electron chi connectivity index (χ0n) is 3.85. The summed E-state index contributed by atoms with van der Waals surface area (Å²) >= 11 is 4.29. The molecular weight excluding hydrogens is 131 g/mol. The van der Waals surface area contributed by atoms with Gasteiger partial charge in [0.2, 0.25) is 0 Å². The number of thiol groups is 1. The SMILES string of the molecule is SC1CCCC1.[KH]. The van der Waals surface area contributed by atoms with Gasteiger partial charge in [0.25, 0.3) is 0 Å². The first-order valence-corrected chi connectivity index (χ1v) is 3.09. The second-order valence-corrected chi connectivity index (χ2v) is 2.67. The molecule has 0 N–H and O–H groups in total. The van der Waals surface area contributed by atoms with E-state index >= 15 is 0 Å². The first-order valence-electron chi connectivity index (χ1n) is 2.57. The molecule has 0 saturated heterocycles. The van der Waals surface area contributed by atoms with Crippen molar-refractivity contribution >= 4 is 64.0 Å². The molecule has 0 spiro atoms. The van der Waals surface area contributed by atoms with Crippen LogP contribution in [0.2, 0.25) is 0 Å². The van der Waals surface area contributed by atoms with Gasteiger partial charge in [0.15, 0.2) is 0 Å². The molecule has 1 aliphatic carbocycles. The van der Waals surface area contributed by atoms with Crippen molar-refractivity contribution in [3.63, 3.8) is 0 Å². The zero-order valence-corrected chi connectivity index (χ0v) is 4.75. The van der Waals surface area contributed by atoms with Gasteiger partial charge in [-0.25, -0.2) is 0 Å². The fraction of sp³-hybridized carbons (Fsp3) is 1.00. The standard InChI is InChI=1S/C5H10S.K.H/c6-5-3-1-2-4-5;;/h5-6H,1-4H2;;. The van der Waals surface area contributed by atoms with Gasteiger partial charge in [0.1, 0.15) is 0 Å². The average Bonchev–Trinajstić information content (AvgIpc) is 1.86. The number of hydrogen-bond donors (Lipinski definition) is 1. The van der Waals surface area contributed by atoms with E-state index in [2.05, 4.69) is 12.6 Å². The van der Waals surface area contributed by atoms with Crippen LogP contribution in [-0.2, 0) is 0 Å². The van der Waals surface area contributed by atoms with Gasteiger partial charge in [0.05, 0.1) is 0 Å². The van der Waals surface area contributed by atoms with Gasteiger partial charge in [-0.2, -0.15) is 12.6 Å². The first kappa shape index (κ1) is 8.99. The third kappa shape index (κ3) is 3.54. The Morgan fingerprint density at radius 2 is 1.57 bits per heavy atom. The predicted octanol–water partition coefficient (Wildman–Crippen LogP) is 1.21. The van der Waals surface area contributed by atoms with Crippen molar-refractivity contribution in [2.75, 3.05) is 0 Å². The van der Waals surface area contributed by atoms with E-state index in [1.807, 2.05) is 0 Å². The third-order valence-corrected chi connectivity index (χ3v) is 1.84. The number of rotatable bonds is 0. The van der Waals surface area contributed by atoms with E-state index in [0.29, 0.717) is 0 Å². The molecule has 38 valence electrons.